The average molecular weight is 248 g/mol. The quantitative estimate of drug-likeness (QED) is 0.730. The Labute approximate surface area is 105 Å². The van der Waals surface area contributed by atoms with Crippen LogP contribution in [-0.4, -0.2) is 35.5 Å². The zero-order chi connectivity index (χ0) is 14.1. The van der Waals surface area contributed by atoms with E-state index in [9.17, 15) is 9.90 Å². The summed E-state index contributed by atoms with van der Waals surface area (Å²) in [5.41, 5.74) is -0.114. The predicted molar refractivity (Wildman–Crippen MR) is 68.6 cm³/mol. The second-order valence-electron chi connectivity index (χ2n) is 5.79. The molecule has 0 radical (unpaired) electrons. The maximum absolute atomic E-state index is 9.49. The number of hydrogen-bond donors (Lipinski definition) is 2. The van der Waals surface area contributed by atoms with E-state index in [0.717, 1.165) is 0 Å². The molecule has 0 aromatic rings. The first kappa shape index (κ1) is 18.7. The number of ether oxygens (including phenoxy) is 1. The van der Waals surface area contributed by atoms with Gasteiger partial charge in [-0.3, -0.25) is 4.79 Å². The highest BCUT2D eigenvalue weighted by Crippen LogP contribution is 2.22. The molecule has 0 aromatic heterocycles. The molecular formula is C13H28O4. The van der Waals surface area contributed by atoms with E-state index in [4.69, 9.17) is 5.11 Å². The van der Waals surface area contributed by atoms with E-state index in [2.05, 4.69) is 4.74 Å². The summed E-state index contributed by atoms with van der Waals surface area (Å²) < 4.78 is 4.41. The molecule has 104 valence electrons. The molecule has 0 bridgehead atoms. The SMILES string of the molecule is CC(C)COC=O.CC(O)CC(O)C(C)(C)C. The summed E-state index contributed by atoms with van der Waals surface area (Å²) in [5.74, 6) is 0.449. The molecule has 0 aliphatic carbocycles. The summed E-state index contributed by atoms with van der Waals surface area (Å²) in [4.78, 5) is 9.49. The van der Waals surface area contributed by atoms with Gasteiger partial charge in [0.05, 0.1) is 18.8 Å². The van der Waals surface area contributed by atoms with Gasteiger partial charge in [0, 0.05) is 0 Å². The topological polar surface area (TPSA) is 66.8 Å². The van der Waals surface area contributed by atoms with Crippen LogP contribution in [0.5, 0.6) is 0 Å². The molecule has 0 spiro atoms. The minimum Gasteiger partial charge on any atom is -0.468 e. The summed E-state index contributed by atoms with van der Waals surface area (Å²) in [6.45, 7) is 12.5. The van der Waals surface area contributed by atoms with E-state index >= 15 is 0 Å². The van der Waals surface area contributed by atoms with Gasteiger partial charge in [-0.25, -0.2) is 0 Å². The van der Waals surface area contributed by atoms with E-state index in [0.29, 0.717) is 25.4 Å². The van der Waals surface area contributed by atoms with Gasteiger partial charge in [-0.2, -0.15) is 0 Å². The zero-order valence-corrected chi connectivity index (χ0v) is 11.9. The fraction of sp³-hybridized carbons (Fsp3) is 0.923. The molecule has 2 N–H and O–H groups in total. The van der Waals surface area contributed by atoms with E-state index < -0.39 is 12.2 Å². The Morgan fingerprint density at radius 3 is 1.76 bits per heavy atom. The van der Waals surface area contributed by atoms with Crippen molar-refractivity contribution in [3.05, 3.63) is 0 Å². The van der Waals surface area contributed by atoms with E-state index in [1.807, 2.05) is 34.6 Å². The molecule has 0 saturated heterocycles. The lowest BCUT2D eigenvalue weighted by atomic mass is 9.86. The van der Waals surface area contributed by atoms with Gasteiger partial charge in [0.25, 0.3) is 6.47 Å². The maximum Gasteiger partial charge on any atom is 0.293 e. The van der Waals surface area contributed by atoms with Crippen LogP contribution in [0, 0.1) is 11.3 Å². The van der Waals surface area contributed by atoms with Crippen LogP contribution in [0.15, 0.2) is 0 Å². The van der Waals surface area contributed by atoms with Crippen molar-refractivity contribution in [2.24, 2.45) is 11.3 Å². The maximum atomic E-state index is 9.49. The largest absolute Gasteiger partial charge is 0.468 e. The van der Waals surface area contributed by atoms with Gasteiger partial charge < -0.3 is 14.9 Å². The van der Waals surface area contributed by atoms with Gasteiger partial charge in [0.1, 0.15) is 0 Å². The molecule has 2 atom stereocenters. The third-order valence-electron chi connectivity index (χ3n) is 2.06. The number of aliphatic hydroxyl groups excluding tert-OH is 2. The van der Waals surface area contributed by atoms with Crippen LogP contribution < -0.4 is 0 Å². The molecule has 0 rings (SSSR count). The number of rotatable bonds is 5. The Hall–Kier alpha value is -0.610. The highest BCUT2D eigenvalue weighted by Gasteiger charge is 2.22. The van der Waals surface area contributed by atoms with Crippen LogP contribution in [-0.2, 0) is 9.53 Å². The molecule has 0 aromatic carbocycles. The first-order valence-corrected chi connectivity index (χ1v) is 6.02. The minimum atomic E-state index is -0.410. The van der Waals surface area contributed by atoms with E-state index in [1.54, 1.807) is 6.92 Å². The van der Waals surface area contributed by atoms with Gasteiger partial charge in [-0.15, -0.1) is 0 Å². The van der Waals surface area contributed by atoms with E-state index in [-0.39, 0.29) is 5.41 Å². The molecule has 0 amide bonds. The summed E-state index contributed by atoms with van der Waals surface area (Å²) >= 11 is 0. The van der Waals surface area contributed by atoms with Crippen LogP contribution in [0.25, 0.3) is 0 Å². The second kappa shape index (κ2) is 9.42. The van der Waals surface area contributed by atoms with Crippen LogP contribution in [0.3, 0.4) is 0 Å². The molecular weight excluding hydrogens is 220 g/mol. The monoisotopic (exact) mass is 248 g/mol. The smallest absolute Gasteiger partial charge is 0.293 e. The number of hydrogen-bond acceptors (Lipinski definition) is 4. The molecule has 0 fully saturated rings. The van der Waals surface area contributed by atoms with Crippen molar-refractivity contribution in [1.82, 2.24) is 0 Å². The van der Waals surface area contributed by atoms with Crippen molar-refractivity contribution in [3.63, 3.8) is 0 Å². The van der Waals surface area contributed by atoms with Crippen molar-refractivity contribution in [3.8, 4) is 0 Å². The Kier molecular flexibility index (Phi) is 10.4. The number of carbonyl (C=O) groups excluding carboxylic acids is 1. The molecule has 17 heavy (non-hydrogen) atoms. The normalized spacial score (nSPS) is 14.6. The Morgan fingerprint density at radius 1 is 1.18 bits per heavy atom. The molecule has 4 nitrogen and oxygen atoms in total. The first-order chi connectivity index (χ1) is 7.61. The summed E-state index contributed by atoms with van der Waals surface area (Å²) in [6.07, 6.45) is -0.356. The van der Waals surface area contributed by atoms with Crippen molar-refractivity contribution < 1.29 is 19.7 Å². The Balaban J connectivity index is 0. The third kappa shape index (κ3) is 15.4. The van der Waals surface area contributed by atoms with Crippen molar-refractivity contribution in [2.75, 3.05) is 6.61 Å². The molecule has 0 aliphatic rings. The summed E-state index contributed by atoms with van der Waals surface area (Å²) in [5, 5.41) is 18.3. The highest BCUT2D eigenvalue weighted by molar-refractivity contribution is 5.36. The molecule has 0 aliphatic heterocycles. The molecule has 0 heterocycles. The third-order valence-corrected chi connectivity index (χ3v) is 2.06. The average Bonchev–Trinajstić information content (AvgIpc) is 2.13. The van der Waals surface area contributed by atoms with E-state index in [1.165, 1.54) is 0 Å². The van der Waals surface area contributed by atoms with Crippen molar-refractivity contribution >= 4 is 6.47 Å². The van der Waals surface area contributed by atoms with Gasteiger partial charge in [-0.1, -0.05) is 34.6 Å². The molecule has 0 saturated carbocycles. The lowest BCUT2D eigenvalue weighted by Crippen LogP contribution is -2.29. The van der Waals surface area contributed by atoms with Gasteiger partial charge in [0.2, 0.25) is 0 Å². The minimum absolute atomic E-state index is 0.114. The summed E-state index contributed by atoms with van der Waals surface area (Å²) in [6, 6.07) is 0. The van der Waals surface area contributed by atoms with Crippen LogP contribution in [0.2, 0.25) is 0 Å². The fourth-order valence-electron chi connectivity index (χ4n) is 0.908. The standard InChI is InChI=1S/C8H18O2.C5H10O2/c1-6(9)5-7(10)8(2,3)4;1-5(2)3-7-4-6/h6-7,9-10H,5H2,1-4H3;4-5H,3H2,1-2H3. The number of aliphatic hydroxyl groups is 2. The fourth-order valence-corrected chi connectivity index (χ4v) is 0.908. The lowest BCUT2D eigenvalue weighted by Gasteiger charge is -2.26. The lowest BCUT2D eigenvalue weighted by molar-refractivity contribution is -0.129. The van der Waals surface area contributed by atoms with Crippen molar-refractivity contribution in [1.29, 1.82) is 0 Å². The van der Waals surface area contributed by atoms with Crippen LogP contribution in [0.1, 0.15) is 48.0 Å². The van der Waals surface area contributed by atoms with Crippen molar-refractivity contribution in [2.45, 2.75) is 60.2 Å². The van der Waals surface area contributed by atoms with Crippen LogP contribution in [0.4, 0.5) is 0 Å². The van der Waals surface area contributed by atoms with Gasteiger partial charge in [-0.05, 0) is 24.7 Å². The molecule has 2 unspecified atom stereocenters. The highest BCUT2D eigenvalue weighted by atomic mass is 16.5. The van der Waals surface area contributed by atoms with Crippen LogP contribution >= 0.6 is 0 Å². The number of carbonyl (C=O) groups is 1. The first-order valence-electron chi connectivity index (χ1n) is 6.02. The van der Waals surface area contributed by atoms with Gasteiger partial charge >= 0.3 is 0 Å². The predicted octanol–water partition coefficient (Wildman–Crippen LogP) is 1.98. The molecule has 4 heteroatoms. The Bertz CT molecular complexity index is 182. The Morgan fingerprint density at radius 2 is 1.65 bits per heavy atom. The summed E-state index contributed by atoms with van der Waals surface area (Å²) in [7, 11) is 0. The zero-order valence-electron chi connectivity index (χ0n) is 11.9. The second-order valence-corrected chi connectivity index (χ2v) is 5.79. The van der Waals surface area contributed by atoms with Gasteiger partial charge in [0.15, 0.2) is 0 Å².